The fourth-order valence-electron chi connectivity index (χ4n) is 1.90. The van der Waals surface area contributed by atoms with Crippen molar-refractivity contribution in [3.8, 4) is 0 Å². The predicted molar refractivity (Wildman–Crippen MR) is 81.2 cm³/mol. The van der Waals surface area contributed by atoms with Crippen LogP contribution in [0.4, 0.5) is 0 Å². The van der Waals surface area contributed by atoms with Gasteiger partial charge in [-0.15, -0.1) is 0 Å². The van der Waals surface area contributed by atoms with Gasteiger partial charge in [0.1, 0.15) is 6.61 Å². The van der Waals surface area contributed by atoms with Gasteiger partial charge in [-0.2, -0.15) is 0 Å². The molecule has 0 bridgehead atoms. The van der Waals surface area contributed by atoms with Crippen LogP contribution in [0.25, 0.3) is 0 Å². The van der Waals surface area contributed by atoms with Crippen molar-refractivity contribution >= 4 is 5.97 Å². The molecule has 0 aromatic carbocycles. The average Bonchev–Trinajstić information content (AvgIpc) is 2.49. The van der Waals surface area contributed by atoms with Crippen LogP contribution in [0.2, 0.25) is 0 Å². The van der Waals surface area contributed by atoms with E-state index in [4.69, 9.17) is 4.74 Å². The monoisotopic (exact) mass is 275 g/mol. The van der Waals surface area contributed by atoms with Gasteiger partial charge in [-0.25, -0.2) is 4.79 Å². The molecule has 0 aliphatic heterocycles. The second-order valence-corrected chi connectivity index (χ2v) is 4.89. The van der Waals surface area contributed by atoms with Crippen LogP contribution in [0.15, 0.2) is 36.5 Å². The molecule has 1 rings (SSSR count). The van der Waals surface area contributed by atoms with Crippen molar-refractivity contribution in [1.82, 2.24) is 4.98 Å². The van der Waals surface area contributed by atoms with Crippen molar-refractivity contribution in [2.45, 2.75) is 58.5 Å². The highest BCUT2D eigenvalue weighted by Gasteiger charge is 1.98. The third kappa shape index (κ3) is 8.46. The molecule has 0 amide bonds. The topological polar surface area (TPSA) is 39.2 Å². The van der Waals surface area contributed by atoms with E-state index in [0.717, 1.165) is 18.5 Å². The Bertz CT molecular complexity index is 387. The highest BCUT2D eigenvalue weighted by Crippen LogP contribution is 2.07. The van der Waals surface area contributed by atoms with Crippen molar-refractivity contribution in [2.24, 2.45) is 0 Å². The molecule has 0 radical (unpaired) electrons. The lowest BCUT2D eigenvalue weighted by atomic mass is 10.1. The minimum absolute atomic E-state index is 0.237. The quantitative estimate of drug-likeness (QED) is 0.360. The van der Waals surface area contributed by atoms with Crippen LogP contribution in [0, 0.1) is 0 Å². The van der Waals surface area contributed by atoms with Gasteiger partial charge in [-0.3, -0.25) is 4.98 Å². The molecule has 20 heavy (non-hydrogen) atoms. The molecule has 0 aliphatic rings. The molecule has 3 nitrogen and oxygen atoms in total. The average molecular weight is 275 g/mol. The Morgan fingerprint density at radius 2 is 2.00 bits per heavy atom. The summed E-state index contributed by atoms with van der Waals surface area (Å²) in [5.74, 6) is -0.290. The number of nitrogens with zero attached hydrogens (tertiary/aromatic N) is 1. The molecule has 0 atom stereocenters. The van der Waals surface area contributed by atoms with Crippen LogP contribution in [-0.2, 0) is 16.1 Å². The number of allylic oxidation sites excluding steroid dienone is 1. The van der Waals surface area contributed by atoms with E-state index in [2.05, 4.69) is 11.9 Å². The summed E-state index contributed by atoms with van der Waals surface area (Å²) in [6, 6.07) is 5.56. The number of carbonyl (C=O) groups excluding carboxylic acids is 1. The Morgan fingerprint density at radius 1 is 1.20 bits per heavy atom. The van der Waals surface area contributed by atoms with E-state index < -0.39 is 0 Å². The zero-order valence-corrected chi connectivity index (χ0v) is 12.4. The number of rotatable bonds is 10. The molecular formula is C17H25NO2. The van der Waals surface area contributed by atoms with Crippen LogP contribution >= 0.6 is 0 Å². The Labute approximate surface area is 122 Å². The molecule has 0 saturated heterocycles. The smallest absolute Gasteiger partial charge is 0.330 e. The minimum atomic E-state index is -0.290. The number of aromatic nitrogens is 1. The van der Waals surface area contributed by atoms with Crippen molar-refractivity contribution in [1.29, 1.82) is 0 Å². The summed E-state index contributed by atoms with van der Waals surface area (Å²) in [6.45, 7) is 2.46. The summed E-state index contributed by atoms with van der Waals surface area (Å²) in [6.07, 6.45) is 13.7. The van der Waals surface area contributed by atoms with Crippen molar-refractivity contribution in [3.63, 3.8) is 0 Å². The lowest BCUT2D eigenvalue weighted by Gasteiger charge is -2.00. The van der Waals surface area contributed by atoms with Gasteiger partial charge in [0.25, 0.3) is 0 Å². The van der Waals surface area contributed by atoms with Crippen molar-refractivity contribution < 1.29 is 9.53 Å². The van der Waals surface area contributed by atoms with E-state index in [0.29, 0.717) is 0 Å². The maximum Gasteiger partial charge on any atom is 0.330 e. The van der Waals surface area contributed by atoms with Crippen molar-refractivity contribution in [2.75, 3.05) is 0 Å². The standard InChI is InChI=1S/C17H25NO2/c1-2-3-4-5-6-7-8-9-13-17(19)20-15-16-12-10-11-14-18-16/h9-14H,2-8,15H2,1H3/b13-9+. The van der Waals surface area contributed by atoms with E-state index in [-0.39, 0.29) is 12.6 Å². The van der Waals surface area contributed by atoms with Gasteiger partial charge in [0, 0.05) is 12.3 Å². The SMILES string of the molecule is CCCCCCCC/C=C/C(=O)OCc1ccccn1. The van der Waals surface area contributed by atoms with Crippen LogP contribution in [0.1, 0.15) is 57.6 Å². The zero-order valence-electron chi connectivity index (χ0n) is 12.4. The molecule has 1 aromatic heterocycles. The van der Waals surface area contributed by atoms with Gasteiger partial charge < -0.3 is 4.74 Å². The fraction of sp³-hybridized carbons (Fsp3) is 0.529. The van der Waals surface area contributed by atoms with Crippen LogP contribution in [0.5, 0.6) is 0 Å². The molecule has 0 unspecified atom stereocenters. The lowest BCUT2D eigenvalue weighted by molar-refractivity contribution is -0.139. The third-order valence-corrected chi connectivity index (χ3v) is 3.07. The Hall–Kier alpha value is -1.64. The predicted octanol–water partition coefficient (Wildman–Crippen LogP) is 4.43. The molecule has 1 heterocycles. The van der Waals surface area contributed by atoms with E-state index >= 15 is 0 Å². The summed E-state index contributed by atoms with van der Waals surface area (Å²) in [5, 5.41) is 0. The first kappa shape index (κ1) is 16.4. The Balaban J connectivity index is 2.03. The van der Waals surface area contributed by atoms with E-state index in [1.807, 2.05) is 24.3 Å². The largest absolute Gasteiger partial charge is 0.456 e. The highest BCUT2D eigenvalue weighted by atomic mass is 16.5. The lowest BCUT2D eigenvalue weighted by Crippen LogP contribution is -2.01. The molecule has 0 fully saturated rings. The number of ether oxygens (including phenoxy) is 1. The highest BCUT2D eigenvalue weighted by molar-refractivity contribution is 5.81. The number of hydrogen-bond donors (Lipinski definition) is 0. The van der Waals surface area contributed by atoms with Gasteiger partial charge in [-0.1, -0.05) is 51.2 Å². The number of carbonyl (C=O) groups is 1. The summed E-state index contributed by atoms with van der Waals surface area (Å²) >= 11 is 0. The molecule has 3 heteroatoms. The Kier molecular flexibility index (Phi) is 9.20. The molecule has 0 aliphatic carbocycles. The van der Waals surface area contributed by atoms with Gasteiger partial charge >= 0.3 is 5.97 Å². The summed E-state index contributed by atoms with van der Waals surface area (Å²) in [7, 11) is 0. The second-order valence-electron chi connectivity index (χ2n) is 4.89. The summed E-state index contributed by atoms with van der Waals surface area (Å²) in [4.78, 5) is 15.5. The maximum absolute atomic E-state index is 11.5. The van der Waals surface area contributed by atoms with Gasteiger partial charge in [0.2, 0.25) is 0 Å². The summed E-state index contributed by atoms with van der Waals surface area (Å²) in [5.41, 5.74) is 0.769. The minimum Gasteiger partial charge on any atom is -0.456 e. The first-order chi connectivity index (χ1) is 9.83. The molecule has 0 saturated carbocycles. The molecule has 0 N–H and O–H groups in total. The molecule has 110 valence electrons. The molecule has 1 aromatic rings. The number of esters is 1. The first-order valence-corrected chi connectivity index (χ1v) is 7.56. The van der Waals surface area contributed by atoms with E-state index in [1.165, 1.54) is 38.2 Å². The maximum atomic E-state index is 11.5. The number of unbranched alkanes of at least 4 members (excludes halogenated alkanes) is 6. The van der Waals surface area contributed by atoms with Crippen molar-refractivity contribution in [3.05, 3.63) is 42.2 Å². The fourth-order valence-corrected chi connectivity index (χ4v) is 1.90. The molecule has 0 spiro atoms. The number of hydrogen-bond acceptors (Lipinski definition) is 3. The van der Waals surface area contributed by atoms with Crippen LogP contribution < -0.4 is 0 Å². The van der Waals surface area contributed by atoms with Crippen LogP contribution in [0.3, 0.4) is 0 Å². The second kappa shape index (κ2) is 11.2. The first-order valence-electron chi connectivity index (χ1n) is 7.56. The zero-order chi connectivity index (χ0) is 14.5. The Morgan fingerprint density at radius 3 is 2.75 bits per heavy atom. The van der Waals surface area contributed by atoms with Gasteiger partial charge in [0.15, 0.2) is 0 Å². The van der Waals surface area contributed by atoms with E-state index in [1.54, 1.807) is 6.20 Å². The number of pyridine rings is 1. The molecular weight excluding hydrogens is 250 g/mol. The third-order valence-electron chi connectivity index (χ3n) is 3.07. The van der Waals surface area contributed by atoms with Gasteiger partial charge in [-0.05, 0) is 25.0 Å². The van der Waals surface area contributed by atoms with Gasteiger partial charge in [0.05, 0.1) is 5.69 Å². The summed E-state index contributed by atoms with van der Waals surface area (Å²) < 4.78 is 5.10. The van der Waals surface area contributed by atoms with E-state index in [9.17, 15) is 4.79 Å². The normalized spacial score (nSPS) is 10.8. The van der Waals surface area contributed by atoms with Crippen LogP contribution in [-0.4, -0.2) is 11.0 Å².